The van der Waals surface area contributed by atoms with Crippen LogP contribution in [-0.2, 0) is 4.79 Å². The van der Waals surface area contributed by atoms with Crippen LogP contribution in [0.25, 0.3) is 0 Å². The topological polar surface area (TPSA) is 55.8 Å². The molecule has 2 N–H and O–H groups in total. The van der Waals surface area contributed by atoms with Gasteiger partial charge in [0.2, 0.25) is 0 Å². The third-order valence-electron chi connectivity index (χ3n) is 4.36. The quantitative estimate of drug-likeness (QED) is 0.623. The van der Waals surface area contributed by atoms with Crippen LogP contribution in [-0.4, -0.2) is 73.2 Å². The lowest BCUT2D eigenvalue weighted by atomic mass is 9.92. The van der Waals surface area contributed by atoms with E-state index in [1.165, 1.54) is 0 Å². The summed E-state index contributed by atoms with van der Waals surface area (Å²) in [7, 11) is 6.19. The van der Waals surface area contributed by atoms with Gasteiger partial charge in [-0.15, -0.1) is 0 Å². The van der Waals surface area contributed by atoms with Gasteiger partial charge in [-0.25, -0.2) is 0 Å². The average Bonchev–Trinajstić information content (AvgIpc) is 3.21. The highest BCUT2D eigenvalue weighted by atomic mass is 16.4. The summed E-state index contributed by atoms with van der Waals surface area (Å²) in [5, 5.41) is 13.2. The van der Waals surface area contributed by atoms with Gasteiger partial charge >= 0.3 is 5.97 Å². The Bertz CT molecular complexity index is 340. The van der Waals surface area contributed by atoms with E-state index in [1.54, 1.807) is 0 Å². The van der Waals surface area contributed by atoms with Crippen molar-refractivity contribution < 1.29 is 9.90 Å². The van der Waals surface area contributed by atoms with E-state index >= 15 is 0 Å². The Morgan fingerprint density at radius 3 is 2.30 bits per heavy atom. The Morgan fingerprint density at radius 2 is 1.85 bits per heavy atom. The van der Waals surface area contributed by atoms with Gasteiger partial charge < -0.3 is 14.9 Å². The second-order valence-electron chi connectivity index (χ2n) is 6.86. The van der Waals surface area contributed by atoms with Gasteiger partial charge in [-0.05, 0) is 72.3 Å². The predicted molar refractivity (Wildman–Crippen MR) is 79.9 cm³/mol. The molecule has 1 unspecified atom stereocenters. The number of carbonyl (C=O) groups is 1. The normalized spacial score (nSPS) is 22.2. The predicted octanol–water partition coefficient (Wildman–Crippen LogP) is 0.855. The van der Waals surface area contributed by atoms with Gasteiger partial charge in [-0.2, -0.15) is 0 Å². The van der Waals surface area contributed by atoms with E-state index in [0.717, 1.165) is 45.2 Å². The molecular formula is C15H29N3O2. The molecule has 2 aliphatic carbocycles. The lowest BCUT2D eigenvalue weighted by molar-refractivity contribution is -0.147. The number of rotatable bonds is 10. The minimum Gasteiger partial charge on any atom is -0.480 e. The molecule has 2 rings (SSSR count). The maximum absolute atomic E-state index is 11.9. The Labute approximate surface area is 122 Å². The first-order valence-electron chi connectivity index (χ1n) is 7.78. The molecule has 0 amide bonds. The summed E-state index contributed by atoms with van der Waals surface area (Å²) >= 11 is 0. The van der Waals surface area contributed by atoms with Crippen molar-refractivity contribution in [2.24, 2.45) is 5.92 Å². The lowest BCUT2D eigenvalue weighted by Crippen LogP contribution is -2.61. The third-order valence-corrected chi connectivity index (χ3v) is 4.36. The Morgan fingerprint density at radius 1 is 1.20 bits per heavy atom. The number of nitrogens with zero attached hydrogens (tertiary/aromatic N) is 2. The van der Waals surface area contributed by atoms with Crippen LogP contribution in [0, 0.1) is 5.92 Å². The minimum atomic E-state index is -0.714. The molecule has 0 saturated heterocycles. The first-order chi connectivity index (χ1) is 9.44. The van der Waals surface area contributed by atoms with E-state index in [0.29, 0.717) is 18.5 Å². The molecule has 20 heavy (non-hydrogen) atoms. The fourth-order valence-electron chi connectivity index (χ4n) is 2.93. The average molecular weight is 283 g/mol. The summed E-state index contributed by atoms with van der Waals surface area (Å²) in [6.07, 6.45) is 5.45. The third kappa shape index (κ3) is 4.17. The lowest BCUT2D eigenvalue weighted by Gasteiger charge is -2.35. The zero-order valence-electron chi connectivity index (χ0n) is 13.1. The fraction of sp³-hybridized carbons (Fsp3) is 0.933. The molecule has 0 aliphatic heterocycles. The highest BCUT2D eigenvalue weighted by Gasteiger charge is 2.53. The van der Waals surface area contributed by atoms with Crippen LogP contribution in [0.3, 0.4) is 0 Å². The van der Waals surface area contributed by atoms with Crippen LogP contribution in [0.1, 0.15) is 32.1 Å². The number of carboxylic acid groups (broad SMARTS) is 1. The van der Waals surface area contributed by atoms with Crippen molar-refractivity contribution >= 4 is 5.97 Å². The molecule has 5 heteroatoms. The molecule has 0 bridgehead atoms. The zero-order chi connectivity index (χ0) is 14.8. The van der Waals surface area contributed by atoms with Gasteiger partial charge in [0, 0.05) is 12.6 Å². The van der Waals surface area contributed by atoms with E-state index in [1.807, 2.05) is 7.05 Å². The molecule has 2 saturated carbocycles. The van der Waals surface area contributed by atoms with Gasteiger partial charge in [-0.1, -0.05) is 0 Å². The number of nitrogens with one attached hydrogen (secondary N) is 1. The second-order valence-corrected chi connectivity index (χ2v) is 6.86. The molecule has 0 aromatic heterocycles. The summed E-state index contributed by atoms with van der Waals surface area (Å²) in [5.41, 5.74) is -0.714. The smallest absolute Gasteiger partial charge is 0.325 e. The van der Waals surface area contributed by atoms with E-state index in [4.69, 9.17) is 0 Å². The molecule has 116 valence electrons. The van der Waals surface area contributed by atoms with Crippen LogP contribution in [0.15, 0.2) is 0 Å². The van der Waals surface area contributed by atoms with E-state index in [9.17, 15) is 9.90 Å². The highest BCUT2D eigenvalue weighted by molar-refractivity contribution is 5.80. The molecule has 0 aromatic carbocycles. The molecular weight excluding hydrogens is 254 g/mol. The standard InChI is InChI=1S/C15H29N3O2/c1-17(2)9-4-10-18(3)11-15(14(19)20,12-5-6-12)16-13-7-8-13/h12-13,16H,4-11H2,1-3H3,(H,19,20). The first kappa shape index (κ1) is 15.7. The molecule has 0 aromatic rings. The van der Waals surface area contributed by atoms with Crippen LogP contribution in [0.4, 0.5) is 0 Å². The number of likely N-dealkylation sites (N-methyl/N-ethyl adjacent to an activating group) is 1. The maximum Gasteiger partial charge on any atom is 0.325 e. The summed E-state index contributed by atoms with van der Waals surface area (Å²) in [6, 6.07) is 0.432. The molecule has 2 fully saturated rings. The summed E-state index contributed by atoms with van der Waals surface area (Å²) in [6.45, 7) is 2.62. The number of hydrogen-bond acceptors (Lipinski definition) is 4. The summed E-state index contributed by atoms with van der Waals surface area (Å²) in [5.74, 6) is -0.344. The minimum absolute atomic E-state index is 0.317. The van der Waals surface area contributed by atoms with E-state index < -0.39 is 11.5 Å². The zero-order valence-corrected chi connectivity index (χ0v) is 13.1. The number of carboxylic acids is 1. The Hall–Kier alpha value is -0.650. The van der Waals surface area contributed by atoms with Crippen molar-refractivity contribution in [1.82, 2.24) is 15.1 Å². The van der Waals surface area contributed by atoms with Crippen molar-refractivity contribution in [2.75, 3.05) is 40.8 Å². The Balaban J connectivity index is 1.90. The summed E-state index contributed by atoms with van der Waals surface area (Å²) in [4.78, 5) is 16.2. The van der Waals surface area contributed by atoms with Crippen molar-refractivity contribution in [1.29, 1.82) is 0 Å². The molecule has 2 aliphatic rings. The number of aliphatic carboxylic acids is 1. The van der Waals surface area contributed by atoms with Gasteiger partial charge in [0.15, 0.2) is 0 Å². The number of hydrogen-bond donors (Lipinski definition) is 2. The van der Waals surface area contributed by atoms with Gasteiger partial charge in [-0.3, -0.25) is 10.1 Å². The van der Waals surface area contributed by atoms with Crippen molar-refractivity contribution in [3.63, 3.8) is 0 Å². The van der Waals surface area contributed by atoms with Crippen LogP contribution >= 0.6 is 0 Å². The van der Waals surface area contributed by atoms with E-state index in [-0.39, 0.29) is 0 Å². The molecule has 0 spiro atoms. The van der Waals surface area contributed by atoms with Crippen LogP contribution in [0.2, 0.25) is 0 Å². The van der Waals surface area contributed by atoms with Crippen molar-refractivity contribution in [2.45, 2.75) is 43.7 Å². The molecule has 1 atom stereocenters. The van der Waals surface area contributed by atoms with Crippen molar-refractivity contribution in [3.8, 4) is 0 Å². The van der Waals surface area contributed by atoms with Gasteiger partial charge in [0.25, 0.3) is 0 Å². The fourth-order valence-corrected chi connectivity index (χ4v) is 2.93. The monoisotopic (exact) mass is 283 g/mol. The maximum atomic E-state index is 11.9. The first-order valence-corrected chi connectivity index (χ1v) is 7.78. The molecule has 0 heterocycles. The Kier molecular flexibility index (Phi) is 5.04. The van der Waals surface area contributed by atoms with Crippen LogP contribution < -0.4 is 5.32 Å². The molecule has 0 radical (unpaired) electrons. The second kappa shape index (κ2) is 6.41. The van der Waals surface area contributed by atoms with E-state index in [2.05, 4.69) is 29.2 Å². The molecule has 5 nitrogen and oxygen atoms in total. The highest BCUT2D eigenvalue weighted by Crippen LogP contribution is 2.42. The van der Waals surface area contributed by atoms with Gasteiger partial charge in [0.05, 0.1) is 0 Å². The largest absolute Gasteiger partial charge is 0.480 e. The van der Waals surface area contributed by atoms with Crippen LogP contribution in [0.5, 0.6) is 0 Å². The SMILES string of the molecule is CN(C)CCCN(C)CC(NC1CC1)(C(=O)O)C1CC1. The summed E-state index contributed by atoms with van der Waals surface area (Å²) < 4.78 is 0. The van der Waals surface area contributed by atoms with Gasteiger partial charge in [0.1, 0.15) is 5.54 Å². The van der Waals surface area contributed by atoms with Crippen molar-refractivity contribution in [3.05, 3.63) is 0 Å².